The zero-order valence-corrected chi connectivity index (χ0v) is 18.9. The van der Waals surface area contributed by atoms with E-state index in [1.165, 1.54) is 37.1 Å². The summed E-state index contributed by atoms with van der Waals surface area (Å²) in [5, 5.41) is 6.87. The number of aromatic nitrogens is 2. The molecule has 0 aliphatic carbocycles. The van der Waals surface area contributed by atoms with Crippen molar-refractivity contribution >= 4 is 33.4 Å². The normalized spacial score (nSPS) is 15.1. The van der Waals surface area contributed by atoms with Crippen LogP contribution in [0.25, 0.3) is 0 Å². The van der Waals surface area contributed by atoms with Gasteiger partial charge >= 0.3 is 0 Å². The molecule has 3 aromatic rings. The summed E-state index contributed by atoms with van der Waals surface area (Å²) in [4.78, 5) is 11.6. The van der Waals surface area contributed by atoms with Crippen LogP contribution in [0, 0.1) is 0 Å². The van der Waals surface area contributed by atoms with Crippen LogP contribution in [-0.4, -0.2) is 28.0 Å². The number of nitrogens with one attached hydrogen (secondary N) is 2. The first-order valence-electron chi connectivity index (χ1n) is 10.6. The van der Waals surface area contributed by atoms with Gasteiger partial charge in [0.1, 0.15) is 5.82 Å². The molecular weight excluding hydrogens is 438 g/mol. The van der Waals surface area contributed by atoms with E-state index in [0.29, 0.717) is 5.95 Å². The molecule has 0 spiro atoms. The Hall–Kier alpha value is -2.44. The molecule has 0 bridgehead atoms. The maximum atomic E-state index is 4.70. The average Bonchev–Trinajstić information content (AvgIpc) is 3.29. The molecule has 1 aliphatic rings. The molecule has 1 atom stereocenters. The molecule has 156 valence electrons. The molecule has 1 aliphatic heterocycles. The van der Waals surface area contributed by atoms with Crippen LogP contribution in [0.2, 0.25) is 0 Å². The Morgan fingerprint density at radius 2 is 1.77 bits per heavy atom. The number of rotatable bonds is 8. The van der Waals surface area contributed by atoms with Crippen LogP contribution in [-0.2, 0) is 6.54 Å². The minimum Gasteiger partial charge on any atom is -0.362 e. The smallest absolute Gasteiger partial charge is 0.229 e. The number of halogens is 1. The molecule has 4 rings (SSSR count). The van der Waals surface area contributed by atoms with Crippen molar-refractivity contribution in [2.24, 2.45) is 0 Å². The molecule has 2 N–H and O–H groups in total. The van der Waals surface area contributed by atoms with Crippen LogP contribution in [0.4, 0.5) is 17.5 Å². The molecule has 0 amide bonds. The van der Waals surface area contributed by atoms with E-state index in [2.05, 4.69) is 91.9 Å². The Morgan fingerprint density at radius 3 is 2.47 bits per heavy atom. The van der Waals surface area contributed by atoms with Gasteiger partial charge in [-0.25, -0.2) is 4.98 Å². The quantitative estimate of drug-likeness (QED) is 0.418. The number of likely N-dealkylation sites (tertiary alicyclic amines) is 1. The van der Waals surface area contributed by atoms with Gasteiger partial charge < -0.3 is 10.6 Å². The predicted molar refractivity (Wildman–Crippen MR) is 127 cm³/mol. The van der Waals surface area contributed by atoms with Crippen molar-refractivity contribution < 1.29 is 0 Å². The molecule has 2 aromatic carbocycles. The van der Waals surface area contributed by atoms with Gasteiger partial charge in [-0.2, -0.15) is 4.98 Å². The minimum absolute atomic E-state index is 0.190. The zero-order valence-electron chi connectivity index (χ0n) is 17.3. The van der Waals surface area contributed by atoms with Crippen LogP contribution < -0.4 is 10.6 Å². The van der Waals surface area contributed by atoms with Gasteiger partial charge in [0.15, 0.2) is 0 Å². The van der Waals surface area contributed by atoms with Gasteiger partial charge in [0.2, 0.25) is 5.95 Å². The van der Waals surface area contributed by atoms with Crippen LogP contribution in [0.15, 0.2) is 65.3 Å². The number of nitrogens with zero attached hydrogens (tertiary/aromatic N) is 3. The molecular formula is C24H28BrN5. The van der Waals surface area contributed by atoms with E-state index >= 15 is 0 Å². The van der Waals surface area contributed by atoms with E-state index in [1.54, 1.807) is 6.20 Å². The Kier molecular flexibility index (Phi) is 6.97. The van der Waals surface area contributed by atoms with Crippen LogP contribution >= 0.6 is 15.9 Å². The lowest BCUT2D eigenvalue weighted by Crippen LogP contribution is -2.18. The number of hydrogen-bond acceptors (Lipinski definition) is 5. The monoisotopic (exact) mass is 465 g/mol. The van der Waals surface area contributed by atoms with Crippen molar-refractivity contribution in [3.8, 4) is 0 Å². The molecule has 2 heterocycles. The SMILES string of the molecule is CCC(Nc1nc(Nc2ccc(CN3CCCC3)cc2)ncc1Br)c1ccccc1. The highest BCUT2D eigenvalue weighted by Crippen LogP contribution is 2.28. The molecule has 1 fully saturated rings. The van der Waals surface area contributed by atoms with Gasteiger partial charge in [-0.1, -0.05) is 49.4 Å². The second-order valence-corrected chi connectivity index (χ2v) is 8.57. The molecule has 30 heavy (non-hydrogen) atoms. The Bertz CT molecular complexity index is 940. The van der Waals surface area contributed by atoms with Gasteiger partial charge in [-0.05, 0) is 71.5 Å². The van der Waals surface area contributed by atoms with Gasteiger partial charge in [-0.15, -0.1) is 0 Å². The third-order valence-electron chi connectivity index (χ3n) is 5.48. The Balaban J connectivity index is 1.43. The molecule has 5 nitrogen and oxygen atoms in total. The Labute approximate surface area is 187 Å². The summed E-state index contributed by atoms with van der Waals surface area (Å²) in [5.41, 5.74) is 3.58. The van der Waals surface area contributed by atoms with Crippen molar-refractivity contribution in [3.63, 3.8) is 0 Å². The second kappa shape index (κ2) is 10.0. The fraction of sp³-hybridized carbons (Fsp3) is 0.333. The maximum absolute atomic E-state index is 4.70. The summed E-state index contributed by atoms with van der Waals surface area (Å²) in [5.74, 6) is 1.37. The van der Waals surface area contributed by atoms with Gasteiger partial charge in [0.25, 0.3) is 0 Å². The lowest BCUT2D eigenvalue weighted by Gasteiger charge is -2.19. The highest BCUT2D eigenvalue weighted by molar-refractivity contribution is 9.10. The summed E-state index contributed by atoms with van der Waals surface area (Å²) >= 11 is 3.58. The van der Waals surface area contributed by atoms with Crippen molar-refractivity contribution in [1.29, 1.82) is 0 Å². The van der Waals surface area contributed by atoms with Gasteiger partial charge in [0.05, 0.1) is 10.5 Å². The van der Waals surface area contributed by atoms with Gasteiger partial charge in [0, 0.05) is 18.4 Å². The number of hydrogen-bond donors (Lipinski definition) is 2. The first-order valence-corrected chi connectivity index (χ1v) is 11.4. The molecule has 1 aromatic heterocycles. The summed E-state index contributed by atoms with van der Waals surface area (Å²) in [6.07, 6.45) is 5.39. The number of benzene rings is 2. The predicted octanol–water partition coefficient (Wildman–Crippen LogP) is 6.14. The van der Waals surface area contributed by atoms with E-state index in [4.69, 9.17) is 4.98 Å². The lowest BCUT2D eigenvalue weighted by atomic mass is 10.0. The van der Waals surface area contributed by atoms with Crippen LogP contribution in [0.3, 0.4) is 0 Å². The highest BCUT2D eigenvalue weighted by Gasteiger charge is 2.14. The summed E-state index contributed by atoms with van der Waals surface area (Å²) in [6.45, 7) is 5.62. The Morgan fingerprint density at radius 1 is 1.03 bits per heavy atom. The largest absolute Gasteiger partial charge is 0.362 e. The topological polar surface area (TPSA) is 53.1 Å². The van der Waals surface area contributed by atoms with Crippen molar-refractivity contribution in [2.45, 2.75) is 38.8 Å². The third-order valence-corrected chi connectivity index (χ3v) is 6.06. The fourth-order valence-electron chi connectivity index (χ4n) is 3.82. The van der Waals surface area contributed by atoms with Crippen LogP contribution in [0.1, 0.15) is 43.4 Å². The molecule has 6 heteroatoms. The van der Waals surface area contributed by atoms with Crippen LogP contribution in [0.5, 0.6) is 0 Å². The average molecular weight is 466 g/mol. The summed E-state index contributed by atoms with van der Waals surface area (Å²) in [6, 6.07) is 19.2. The highest BCUT2D eigenvalue weighted by atomic mass is 79.9. The molecule has 0 radical (unpaired) electrons. The van der Waals surface area contributed by atoms with Crippen molar-refractivity contribution in [2.75, 3.05) is 23.7 Å². The lowest BCUT2D eigenvalue weighted by molar-refractivity contribution is 0.331. The van der Waals surface area contributed by atoms with E-state index in [9.17, 15) is 0 Å². The first kappa shape index (κ1) is 20.8. The van der Waals surface area contributed by atoms with E-state index in [-0.39, 0.29) is 6.04 Å². The summed E-state index contributed by atoms with van der Waals surface area (Å²) < 4.78 is 0.850. The van der Waals surface area contributed by atoms with E-state index in [1.807, 2.05) is 6.07 Å². The van der Waals surface area contributed by atoms with E-state index < -0.39 is 0 Å². The standard InChI is InChI=1S/C24H28BrN5/c1-2-22(19-8-4-3-5-9-19)28-23-21(25)16-26-24(29-23)27-20-12-10-18(11-13-20)17-30-14-6-7-15-30/h3-5,8-13,16,22H,2,6-7,14-15,17H2,1H3,(H2,26,27,28,29). The van der Waals surface area contributed by atoms with Crippen molar-refractivity contribution in [1.82, 2.24) is 14.9 Å². The molecule has 0 saturated carbocycles. The fourth-order valence-corrected chi connectivity index (χ4v) is 4.13. The van der Waals surface area contributed by atoms with Crippen molar-refractivity contribution in [3.05, 3.63) is 76.4 Å². The minimum atomic E-state index is 0.190. The molecule has 1 unspecified atom stereocenters. The van der Waals surface area contributed by atoms with Gasteiger partial charge in [-0.3, -0.25) is 4.90 Å². The summed E-state index contributed by atoms with van der Waals surface area (Å²) in [7, 11) is 0. The zero-order chi connectivity index (χ0) is 20.8. The third kappa shape index (κ3) is 5.37. The molecule has 1 saturated heterocycles. The van der Waals surface area contributed by atoms with E-state index in [0.717, 1.165) is 28.9 Å². The maximum Gasteiger partial charge on any atom is 0.229 e. The number of anilines is 3. The second-order valence-electron chi connectivity index (χ2n) is 7.71. The first-order chi connectivity index (χ1) is 14.7.